The average molecular weight is 288 g/mol. The summed E-state index contributed by atoms with van der Waals surface area (Å²) in [6.45, 7) is -1.57. The molecule has 0 spiro atoms. The summed E-state index contributed by atoms with van der Waals surface area (Å²) in [4.78, 5) is 11.2. The third-order valence-electron chi connectivity index (χ3n) is 2.88. The van der Waals surface area contributed by atoms with Gasteiger partial charge in [0.15, 0.2) is 0 Å². The highest BCUT2D eigenvalue weighted by atomic mass is 35.5. The number of carbonyl (C=O) groups excluding carboxylic acids is 1. The SMILES string of the molecule is O=C(COCC(F)(F)F)NCC1CCCCC1Cl. The summed E-state index contributed by atoms with van der Waals surface area (Å²) < 4.78 is 39.5. The second-order valence-corrected chi connectivity index (χ2v) is 5.03. The highest BCUT2D eigenvalue weighted by Gasteiger charge is 2.28. The van der Waals surface area contributed by atoms with E-state index in [0.29, 0.717) is 6.54 Å². The first-order valence-electron chi connectivity index (χ1n) is 5.94. The van der Waals surface area contributed by atoms with Gasteiger partial charge in [0, 0.05) is 11.9 Å². The summed E-state index contributed by atoms with van der Waals surface area (Å²) in [7, 11) is 0. The van der Waals surface area contributed by atoms with Crippen molar-refractivity contribution in [3.05, 3.63) is 0 Å². The van der Waals surface area contributed by atoms with Gasteiger partial charge in [-0.05, 0) is 18.8 Å². The number of rotatable bonds is 5. The summed E-state index contributed by atoms with van der Waals surface area (Å²) in [5.74, 6) is -0.333. The molecule has 1 fully saturated rings. The fraction of sp³-hybridized carbons (Fsp3) is 0.909. The Bertz CT molecular complexity index is 274. The Morgan fingerprint density at radius 2 is 2.00 bits per heavy atom. The van der Waals surface area contributed by atoms with Gasteiger partial charge in [-0.1, -0.05) is 12.8 Å². The molecular formula is C11H17ClF3NO2. The van der Waals surface area contributed by atoms with E-state index in [1.54, 1.807) is 0 Å². The molecule has 1 aliphatic rings. The molecule has 1 N–H and O–H groups in total. The van der Waals surface area contributed by atoms with Crippen LogP contribution in [0, 0.1) is 5.92 Å². The van der Waals surface area contributed by atoms with E-state index in [0.717, 1.165) is 25.7 Å². The maximum Gasteiger partial charge on any atom is 0.411 e. The number of ether oxygens (including phenoxy) is 1. The summed E-state index contributed by atoms with van der Waals surface area (Å²) in [6, 6.07) is 0. The summed E-state index contributed by atoms with van der Waals surface area (Å²) in [5, 5.41) is 2.59. The van der Waals surface area contributed by atoms with Crippen LogP contribution in [0.5, 0.6) is 0 Å². The van der Waals surface area contributed by atoms with E-state index in [1.165, 1.54) is 0 Å². The Kier molecular flexibility index (Phi) is 6.21. The number of carbonyl (C=O) groups is 1. The van der Waals surface area contributed by atoms with Crippen molar-refractivity contribution >= 4 is 17.5 Å². The van der Waals surface area contributed by atoms with Crippen LogP contribution in [0.3, 0.4) is 0 Å². The fourth-order valence-corrected chi connectivity index (χ4v) is 2.32. The lowest BCUT2D eigenvalue weighted by molar-refractivity contribution is -0.175. The molecule has 1 saturated carbocycles. The second kappa shape index (κ2) is 7.19. The highest BCUT2D eigenvalue weighted by Crippen LogP contribution is 2.27. The average Bonchev–Trinajstić information content (AvgIpc) is 2.26. The molecule has 1 amide bonds. The van der Waals surface area contributed by atoms with E-state index in [4.69, 9.17) is 11.6 Å². The van der Waals surface area contributed by atoms with Crippen molar-refractivity contribution in [2.45, 2.75) is 37.2 Å². The third-order valence-corrected chi connectivity index (χ3v) is 3.45. The molecule has 2 unspecified atom stereocenters. The molecule has 106 valence electrons. The lowest BCUT2D eigenvalue weighted by Gasteiger charge is -2.27. The van der Waals surface area contributed by atoms with Crippen LogP contribution >= 0.6 is 11.6 Å². The molecule has 0 aromatic rings. The van der Waals surface area contributed by atoms with E-state index in [2.05, 4.69) is 10.1 Å². The topological polar surface area (TPSA) is 38.3 Å². The monoisotopic (exact) mass is 287 g/mol. The summed E-state index contributed by atoms with van der Waals surface area (Å²) in [6.07, 6.45) is -0.364. The molecule has 0 aromatic heterocycles. The largest absolute Gasteiger partial charge is 0.411 e. The number of alkyl halides is 4. The van der Waals surface area contributed by atoms with E-state index in [1.807, 2.05) is 0 Å². The van der Waals surface area contributed by atoms with Crippen LogP contribution in [0.25, 0.3) is 0 Å². The zero-order valence-corrected chi connectivity index (χ0v) is 10.7. The number of halogens is 4. The van der Waals surface area contributed by atoms with Crippen LogP contribution in [0.1, 0.15) is 25.7 Å². The lowest BCUT2D eigenvalue weighted by Crippen LogP contribution is -2.37. The first-order valence-corrected chi connectivity index (χ1v) is 6.37. The molecule has 0 aromatic carbocycles. The molecular weight excluding hydrogens is 271 g/mol. The molecule has 1 rings (SSSR count). The molecule has 7 heteroatoms. The van der Waals surface area contributed by atoms with Crippen molar-refractivity contribution in [2.24, 2.45) is 5.92 Å². The first-order chi connectivity index (χ1) is 8.38. The second-order valence-electron chi connectivity index (χ2n) is 4.47. The van der Waals surface area contributed by atoms with Gasteiger partial charge >= 0.3 is 6.18 Å². The van der Waals surface area contributed by atoms with Crippen molar-refractivity contribution < 1.29 is 22.7 Å². The zero-order chi connectivity index (χ0) is 13.6. The molecule has 18 heavy (non-hydrogen) atoms. The van der Waals surface area contributed by atoms with Gasteiger partial charge in [0.05, 0.1) is 0 Å². The van der Waals surface area contributed by atoms with Gasteiger partial charge in [0.25, 0.3) is 0 Å². The van der Waals surface area contributed by atoms with Crippen LogP contribution < -0.4 is 5.32 Å². The van der Waals surface area contributed by atoms with Crippen molar-refractivity contribution in [1.29, 1.82) is 0 Å². The van der Waals surface area contributed by atoms with Crippen LogP contribution in [0.4, 0.5) is 13.2 Å². The van der Waals surface area contributed by atoms with E-state index < -0.39 is 25.3 Å². The lowest BCUT2D eigenvalue weighted by atomic mass is 9.89. The minimum atomic E-state index is -4.40. The molecule has 3 nitrogen and oxygen atoms in total. The summed E-state index contributed by atoms with van der Waals surface area (Å²) >= 11 is 6.10. The first kappa shape index (κ1) is 15.6. The van der Waals surface area contributed by atoms with E-state index in [-0.39, 0.29) is 11.3 Å². The third kappa shape index (κ3) is 6.44. The Labute approximate surface area is 109 Å². The van der Waals surface area contributed by atoms with Crippen LogP contribution in [-0.4, -0.2) is 37.2 Å². The fourth-order valence-electron chi connectivity index (χ4n) is 1.95. The highest BCUT2D eigenvalue weighted by molar-refractivity contribution is 6.20. The molecule has 0 heterocycles. The van der Waals surface area contributed by atoms with Crippen LogP contribution in [0.15, 0.2) is 0 Å². The molecule has 0 bridgehead atoms. The van der Waals surface area contributed by atoms with Crippen molar-refractivity contribution in [1.82, 2.24) is 5.32 Å². The van der Waals surface area contributed by atoms with Crippen LogP contribution in [-0.2, 0) is 9.53 Å². The number of hydrogen-bond donors (Lipinski definition) is 1. The number of nitrogens with one attached hydrogen (secondary N) is 1. The smallest absolute Gasteiger partial charge is 0.362 e. The Morgan fingerprint density at radius 3 is 2.61 bits per heavy atom. The molecule has 0 saturated heterocycles. The van der Waals surface area contributed by atoms with Gasteiger partial charge in [-0.25, -0.2) is 0 Å². The van der Waals surface area contributed by atoms with E-state index >= 15 is 0 Å². The van der Waals surface area contributed by atoms with Gasteiger partial charge in [0.1, 0.15) is 13.2 Å². The van der Waals surface area contributed by atoms with Gasteiger partial charge in [-0.15, -0.1) is 11.6 Å². The Balaban J connectivity index is 2.13. The van der Waals surface area contributed by atoms with E-state index in [9.17, 15) is 18.0 Å². The predicted molar refractivity (Wildman–Crippen MR) is 61.5 cm³/mol. The molecule has 2 atom stereocenters. The predicted octanol–water partition coefficient (Wildman–Crippen LogP) is 2.48. The minimum absolute atomic E-state index is 0.0372. The molecule has 0 radical (unpaired) electrons. The number of amides is 1. The van der Waals surface area contributed by atoms with Crippen molar-refractivity contribution in [3.8, 4) is 0 Å². The van der Waals surface area contributed by atoms with Crippen molar-refractivity contribution in [2.75, 3.05) is 19.8 Å². The van der Waals surface area contributed by atoms with Crippen LogP contribution in [0.2, 0.25) is 0 Å². The quantitative estimate of drug-likeness (QED) is 0.789. The molecule has 0 aliphatic heterocycles. The summed E-state index contributed by atoms with van der Waals surface area (Å²) in [5.41, 5.74) is 0. The minimum Gasteiger partial charge on any atom is -0.362 e. The molecule has 1 aliphatic carbocycles. The van der Waals surface area contributed by atoms with Gasteiger partial charge in [-0.2, -0.15) is 13.2 Å². The normalized spacial score (nSPS) is 24.9. The van der Waals surface area contributed by atoms with Crippen molar-refractivity contribution in [3.63, 3.8) is 0 Å². The van der Waals surface area contributed by atoms with Gasteiger partial charge in [0.2, 0.25) is 5.91 Å². The zero-order valence-electron chi connectivity index (χ0n) is 9.93. The number of hydrogen-bond acceptors (Lipinski definition) is 2. The maximum atomic E-state index is 11.8. The maximum absolute atomic E-state index is 11.8. The van der Waals surface area contributed by atoms with Gasteiger partial charge < -0.3 is 10.1 Å². The van der Waals surface area contributed by atoms with Gasteiger partial charge in [-0.3, -0.25) is 4.79 Å². The Morgan fingerprint density at radius 1 is 1.33 bits per heavy atom. The Hall–Kier alpha value is -0.490. The standard InChI is InChI=1S/C11H17ClF3NO2/c12-9-4-2-1-3-8(9)5-16-10(17)6-18-7-11(13,14)15/h8-9H,1-7H2,(H,16,17).